The topological polar surface area (TPSA) is 80.1 Å². The summed E-state index contributed by atoms with van der Waals surface area (Å²) >= 11 is 3.36. The largest absolute Gasteiger partial charge is 0.365 e. The lowest BCUT2D eigenvalue weighted by Gasteiger charge is -2.14. The van der Waals surface area contributed by atoms with Crippen molar-refractivity contribution in [1.29, 1.82) is 0 Å². The molecule has 2 N–H and O–H groups in total. The summed E-state index contributed by atoms with van der Waals surface area (Å²) in [5.41, 5.74) is 0.630. The Morgan fingerprint density at radius 2 is 2.47 bits per heavy atom. The van der Waals surface area contributed by atoms with Crippen molar-refractivity contribution in [1.82, 2.24) is 10.3 Å². The molecule has 6 nitrogen and oxygen atoms in total. The zero-order chi connectivity index (χ0) is 12.4. The highest BCUT2D eigenvalue weighted by atomic mass is 79.9. The van der Waals surface area contributed by atoms with E-state index >= 15 is 0 Å². The van der Waals surface area contributed by atoms with Crippen LogP contribution in [0.2, 0.25) is 0 Å². The molecule has 2 heterocycles. The van der Waals surface area contributed by atoms with Gasteiger partial charge >= 0.3 is 0 Å². The average Bonchev–Trinajstić information content (AvgIpc) is 2.77. The number of anilines is 1. The molecule has 1 aliphatic heterocycles. The average molecular weight is 301 g/mol. The SMILES string of the molecule is Cc1c([N+](=O)[O-])cnc(NC2CCNC2)c1Br. The van der Waals surface area contributed by atoms with Crippen LogP contribution in [0.4, 0.5) is 11.5 Å². The van der Waals surface area contributed by atoms with Crippen LogP contribution in [-0.2, 0) is 0 Å². The Kier molecular flexibility index (Phi) is 3.58. The second-order valence-electron chi connectivity index (χ2n) is 4.02. The highest BCUT2D eigenvalue weighted by Crippen LogP contribution is 2.31. The van der Waals surface area contributed by atoms with Gasteiger partial charge in [0.25, 0.3) is 5.69 Å². The molecule has 92 valence electrons. The molecule has 2 rings (SSSR count). The van der Waals surface area contributed by atoms with Crippen LogP contribution in [0.1, 0.15) is 12.0 Å². The molecule has 0 radical (unpaired) electrons. The molecule has 0 amide bonds. The van der Waals surface area contributed by atoms with Crippen LogP contribution in [0, 0.1) is 17.0 Å². The van der Waals surface area contributed by atoms with Crippen LogP contribution >= 0.6 is 15.9 Å². The van der Waals surface area contributed by atoms with Crippen molar-refractivity contribution >= 4 is 27.4 Å². The summed E-state index contributed by atoms with van der Waals surface area (Å²) in [6.07, 6.45) is 2.33. The first-order chi connectivity index (χ1) is 8.09. The molecule has 7 heteroatoms. The Balaban J connectivity index is 2.23. The predicted octanol–water partition coefficient (Wildman–Crippen LogP) is 1.83. The van der Waals surface area contributed by atoms with Gasteiger partial charge in [-0.2, -0.15) is 0 Å². The predicted molar refractivity (Wildman–Crippen MR) is 68.2 cm³/mol. The summed E-state index contributed by atoms with van der Waals surface area (Å²) in [5, 5.41) is 17.3. The van der Waals surface area contributed by atoms with Gasteiger partial charge in [0.05, 0.1) is 9.40 Å². The van der Waals surface area contributed by atoms with E-state index in [1.54, 1.807) is 6.92 Å². The van der Waals surface area contributed by atoms with Gasteiger partial charge in [-0.1, -0.05) is 0 Å². The van der Waals surface area contributed by atoms with E-state index in [0.29, 0.717) is 21.9 Å². The molecule has 0 bridgehead atoms. The summed E-state index contributed by atoms with van der Waals surface area (Å²) in [6.45, 7) is 3.59. The first kappa shape index (κ1) is 12.3. The highest BCUT2D eigenvalue weighted by molar-refractivity contribution is 9.10. The van der Waals surface area contributed by atoms with Gasteiger partial charge in [0.2, 0.25) is 0 Å². The molecule has 1 unspecified atom stereocenters. The number of hydrogen-bond acceptors (Lipinski definition) is 5. The first-order valence-corrected chi connectivity index (χ1v) is 6.15. The van der Waals surface area contributed by atoms with E-state index in [9.17, 15) is 10.1 Å². The number of nitro groups is 1. The fourth-order valence-electron chi connectivity index (χ4n) is 1.83. The smallest absolute Gasteiger partial charge is 0.291 e. The summed E-state index contributed by atoms with van der Waals surface area (Å²) in [5.74, 6) is 0.668. The molecule has 0 spiro atoms. The molecule has 0 saturated carbocycles. The zero-order valence-corrected chi connectivity index (χ0v) is 11.0. The van der Waals surface area contributed by atoms with Gasteiger partial charge in [0.15, 0.2) is 0 Å². The van der Waals surface area contributed by atoms with E-state index < -0.39 is 4.92 Å². The van der Waals surface area contributed by atoms with Crippen LogP contribution in [0.25, 0.3) is 0 Å². The molecule has 1 aromatic heterocycles. The van der Waals surface area contributed by atoms with Crippen LogP contribution in [-0.4, -0.2) is 29.0 Å². The van der Waals surface area contributed by atoms with Gasteiger partial charge in [0, 0.05) is 18.2 Å². The van der Waals surface area contributed by atoms with E-state index in [-0.39, 0.29) is 5.69 Å². The molecule has 1 aliphatic rings. The molecular weight excluding hydrogens is 288 g/mol. The Morgan fingerprint density at radius 3 is 3.06 bits per heavy atom. The zero-order valence-electron chi connectivity index (χ0n) is 9.36. The normalized spacial score (nSPS) is 19.3. The Morgan fingerprint density at radius 1 is 1.71 bits per heavy atom. The molecule has 0 aromatic carbocycles. The van der Waals surface area contributed by atoms with Crippen molar-refractivity contribution in [3.05, 3.63) is 26.3 Å². The lowest BCUT2D eigenvalue weighted by molar-refractivity contribution is -0.385. The third-order valence-electron chi connectivity index (χ3n) is 2.84. The van der Waals surface area contributed by atoms with Gasteiger partial charge in [-0.15, -0.1) is 0 Å². The van der Waals surface area contributed by atoms with Gasteiger partial charge in [-0.25, -0.2) is 4.98 Å². The summed E-state index contributed by atoms with van der Waals surface area (Å²) in [7, 11) is 0. The number of pyridine rings is 1. The number of aromatic nitrogens is 1. The van der Waals surface area contributed by atoms with Crippen molar-refractivity contribution < 1.29 is 4.92 Å². The van der Waals surface area contributed by atoms with Crippen molar-refractivity contribution in [2.75, 3.05) is 18.4 Å². The van der Waals surface area contributed by atoms with Gasteiger partial charge in [0.1, 0.15) is 12.0 Å². The van der Waals surface area contributed by atoms with E-state index in [4.69, 9.17) is 0 Å². The van der Waals surface area contributed by atoms with Crippen LogP contribution in [0.3, 0.4) is 0 Å². The molecule has 1 saturated heterocycles. The van der Waals surface area contributed by atoms with Crippen LogP contribution < -0.4 is 10.6 Å². The van der Waals surface area contributed by atoms with Crippen LogP contribution in [0.15, 0.2) is 10.7 Å². The molecule has 1 aromatic rings. The second kappa shape index (κ2) is 4.97. The minimum Gasteiger partial charge on any atom is -0.365 e. The second-order valence-corrected chi connectivity index (χ2v) is 4.82. The first-order valence-electron chi connectivity index (χ1n) is 5.36. The minimum atomic E-state index is -0.423. The lowest BCUT2D eigenvalue weighted by Crippen LogP contribution is -2.23. The van der Waals surface area contributed by atoms with Gasteiger partial charge in [-0.3, -0.25) is 10.1 Å². The quantitative estimate of drug-likeness (QED) is 0.657. The van der Waals surface area contributed by atoms with E-state index in [1.807, 2.05) is 0 Å². The van der Waals surface area contributed by atoms with Gasteiger partial charge in [-0.05, 0) is 35.8 Å². The third kappa shape index (κ3) is 2.55. The van der Waals surface area contributed by atoms with E-state index in [0.717, 1.165) is 19.5 Å². The minimum absolute atomic E-state index is 0.0342. The maximum absolute atomic E-state index is 10.7. The fraction of sp³-hybridized carbons (Fsp3) is 0.500. The Hall–Kier alpha value is -1.21. The summed E-state index contributed by atoms with van der Waals surface area (Å²) in [4.78, 5) is 14.4. The number of hydrogen-bond donors (Lipinski definition) is 2. The van der Waals surface area contributed by atoms with Crippen LogP contribution in [0.5, 0.6) is 0 Å². The van der Waals surface area contributed by atoms with Crippen molar-refractivity contribution in [3.8, 4) is 0 Å². The standard InChI is InChI=1S/C10H13BrN4O2/c1-6-8(15(16)17)5-13-10(9(6)11)14-7-2-3-12-4-7/h5,7,12H,2-4H2,1H3,(H,13,14). The Bertz CT molecular complexity index is 446. The molecule has 17 heavy (non-hydrogen) atoms. The number of nitrogens with one attached hydrogen (secondary N) is 2. The van der Waals surface area contributed by atoms with Crippen molar-refractivity contribution in [2.24, 2.45) is 0 Å². The summed E-state index contributed by atoms with van der Waals surface area (Å²) in [6, 6.07) is 0.333. The van der Waals surface area contributed by atoms with E-state index in [2.05, 4.69) is 31.5 Å². The Labute approximate surface area is 107 Å². The summed E-state index contributed by atoms with van der Waals surface area (Å²) < 4.78 is 0.665. The number of halogens is 1. The lowest BCUT2D eigenvalue weighted by atomic mass is 10.2. The highest BCUT2D eigenvalue weighted by Gasteiger charge is 2.20. The fourth-order valence-corrected chi connectivity index (χ4v) is 2.25. The molecule has 1 fully saturated rings. The van der Waals surface area contributed by atoms with Crippen molar-refractivity contribution in [3.63, 3.8) is 0 Å². The monoisotopic (exact) mass is 300 g/mol. The number of nitrogens with zero attached hydrogens (tertiary/aromatic N) is 2. The molecule has 1 atom stereocenters. The molecule has 0 aliphatic carbocycles. The number of rotatable bonds is 3. The van der Waals surface area contributed by atoms with E-state index in [1.165, 1.54) is 6.20 Å². The maximum Gasteiger partial charge on any atom is 0.291 e. The van der Waals surface area contributed by atoms with Gasteiger partial charge < -0.3 is 10.6 Å². The third-order valence-corrected chi connectivity index (χ3v) is 3.81. The molecular formula is C10H13BrN4O2. The maximum atomic E-state index is 10.7. The van der Waals surface area contributed by atoms with Crippen molar-refractivity contribution in [2.45, 2.75) is 19.4 Å².